The summed E-state index contributed by atoms with van der Waals surface area (Å²) in [6.45, 7) is 4.15. The molecule has 0 aromatic carbocycles. The van der Waals surface area contributed by atoms with E-state index in [1.165, 1.54) is 12.8 Å². The van der Waals surface area contributed by atoms with Gasteiger partial charge in [0.1, 0.15) is 5.65 Å². The van der Waals surface area contributed by atoms with Crippen molar-refractivity contribution in [3.63, 3.8) is 0 Å². The van der Waals surface area contributed by atoms with E-state index in [-0.39, 0.29) is 5.56 Å². The molecule has 0 radical (unpaired) electrons. The van der Waals surface area contributed by atoms with Gasteiger partial charge >= 0.3 is 0 Å². The van der Waals surface area contributed by atoms with Crippen LogP contribution in [0.5, 0.6) is 0 Å². The van der Waals surface area contributed by atoms with E-state index in [4.69, 9.17) is 0 Å². The maximum atomic E-state index is 11.9. The number of H-pyrrole nitrogens is 1. The Morgan fingerprint density at radius 1 is 1.42 bits per heavy atom. The summed E-state index contributed by atoms with van der Waals surface area (Å²) in [5.74, 6) is 1.42. The van der Waals surface area contributed by atoms with E-state index in [9.17, 15) is 4.79 Å². The number of allylic oxidation sites excluding steroid dienone is 1. The Hall–Kier alpha value is -1.90. The molecule has 2 unspecified atom stereocenters. The number of nitrogens with one attached hydrogen (secondary N) is 1. The summed E-state index contributed by atoms with van der Waals surface area (Å²) < 4.78 is 0. The normalized spacial score (nSPS) is 22.8. The van der Waals surface area contributed by atoms with Crippen LogP contribution in [0.25, 0.3) is 17.1 Å². The first-order valence-electron chi connectivity index (χ1n) is 6.82. The van der Waals surface area contributed by atoms with E-state index in [0.717, 1.165) is 22.4 Å². The smallest absolute Gasteiger partial charge is 0.253 e. The third-order valence-electron chi connectivity index (χ3n) is 4.27. The molecule has 1 N–H and O–H groups in total. The SMILES string of the molecule is Cc1c(/C=C\C2CCC2C)c2cccnc2[nH]c1=O. The summed E-state index contributed by atoms with van der Waals surface area (Å²) in [6, 6.07) is 3.92. The molecule has 2 heterocycles. The zero-order valence-electron chi connectivity index (χ0n) is 11.3. The van der Waals surface area contributed by atoms with Gasteiger partial charge in [-0.15, -0.1) is 0 Å². The lowest BCUT2D eigenvalue weighted by atomic mass is 9.74. The van der Waals surface area contributed by atoms with Gasteiger partial charge in [0.2, 0.25) is 0 Å². The van der Waals surface area contributed by atoms with Crippen LogP contribution in [0.3, 0.4) is 0 Å². The molecular weight excluding hydrogens is 236 g/mol. The van der Waals surface area contributed by atoms with Crippen LogP contribution in [0.15, 0.2) is 29.2 Å². The molecule has 1 aliphatic carbocycles. The van der Waals surface area contributed by atoms with Crippen LogP contribution in [-0.2, 0) is 0 Å². The first kappa shape index (κ1) is 12.2. The quantitative estimate of drug-likeness (QED) is 0.893. The van der Waals surface area contributed by atoms with Crippen LogP contribution in [0.1, 0.15) is 30.9 Å². The number of fused-ring (bicyclic) bond motifs is 1. The van der Waals surface area contributed by atoms with Crippen molar-refractivity contribution in [2.45, 2.75) is 26.7 Å². The fraction of sp³-hybridized carbons (Fsp3) is 0.375. The Labute approximate surface area is 112 Å². The van der Waals surface area contributed by atoms with Gasteiger partial charge in [0.25, 0.3) is 5.56 Å². The van der Waals surface area contributed by atoms with Crippen LogP contribution in [0, 0.1) is 18.8 Å². The summed E-state index contributed by atoms with van der Waals surface area (Å²) in [7, 11) is 0. The van der Waals surface area contributed by atoms with E-state index < -0.39 is 0 Å². The topological polar surface area (TPSA) is 45.8 Å². The molecule has 0 amide bonds. The molecule has 0 bridgehead atoms. The second-order valence-corrected chi connectivity index (χ2v) is 5.47. The largest absolute Gasteiger partial charge is 0.306 e. The average molecular weight is 254 g/mol. The number of aromatic nitrogens is 2. The summed E-state index contributed by atoms with van der Waals surface area (Å²) in [4.78, 5) is 19.0. The van der Waals surface area contributed by atoms with E-state index in [2.05, 4.69) is 29.0 Å². The van der Waals surface area contributed by atoms with Crippen molar-refractivity contribution in [2.24, 2.45) is 11.8 Å². The number of pyridine rings is 2. The first-order valence-corrected chi connectivity index (χ1v) is 6.82. The standard InChI is InChI=1S/C16H18N2O/c1-10-5-6-12(10)7-8-13-11(2)16(19)18-15-14(13)4-3-9-17-15/h3-4,7-10,12H,5-6H2,1-2H3,(H,17,18,19)/b8-7-. The number of aromatic amines is 1. The van der Waals surface area contributed by atoms with Crippen molar-refractivity contribution in [1.29, 1.82) is 0 Å². The van der Waals surface area contributed by atoms with Crippen LogP contribution >= 0.6 is 0 Å². The zero-order valence-corrected chi connectivity index (χ0v) is 11.3. The lowest BCUT2D eigenvalue weighted by Crippen LogP contribution is -2.20. The third kappa shape index (κ3) is 2.09. The van der Waals surface area contributed by atoms with E-state index >= 15 is 0 Å². The van der Waals surface area contributed by atoms with E-state index in [1.807, 2.05) is 19.1 Å². The highest BCUT2D eigenvalue weighted by molar-refractivity contribution is 5.86. The van der Waals surface area contributed by atoms with Crippen LogP contribution in [0.2, 0.25) is 0 Å². The van der Waals surface area contributed by atoms with Crippen LogP contribution in [-0.4, -0.2) is 9.97 Å². The van der Waals surface area contributed by atoms with Gasteiger partial charge in [-0.25, -0.2) is 4.98 Å². The van der Waals surface area contributed by atoms with E-state index in [1.54, 1.807) is 6.20 Å². The molecule has 0 saturated heterocycles. The van der Waals surface area contributed by atoms with Gasteiger partial charge in [0, 0.05) is 17.1 Å². The summed E-state index contributed by atoms with van der Waals surface area (Å²) >= 11 is 0. The second kappa shape index (κ2) is 4.65. The maximum absolute atomic E-state index is 11.9. The molecule has 1 saturated carbocycles. The van der Waals surface area contributed by atoms with Gasteiger partial charge in [-0.3, -0.25) is 4.79 Å². The lowest BCUT2D eigenvalue weighted by Gasteiger charge is -2.31. The van der Waals surface area contributed by atoms with Gasteiger partial charge < -0.3 is 4.98 Å². The average Bonchev–Trinajstić information content (AvgIpc) is 2.41. The summed E-state index contributed by atoms with van der Waals surface area (Å²) in [5.41, 5.74) is 2.39. The predicted molar refractivity (Wildman–Crippen MR) is 78.0 cm³/mol. The zero-order chi connectivity index (χ0) is 13.4. The summed E-state index contributed by atoms with van der Waals surface area (Å²) in [6.07, 6.45) is 8.63. The molecule has 3 rings (SSSR count). The minimum absolute atomic E-state index is 0.0486. The summed E-state index contributed by atoms with van der Waals surface area (Å²) in [5, 5.41) is 1.02. The highest BCUT2D eigenvalue weighted by Gasteiger charge is 2.23. The molecule has 2 atom stereocenters. The number of nitrogens with zero attached hydrogens (tertiary/aromatic N) is 1. The molecule has 98 valence electrons. The second-order valence-electron chi connectivity index (χ2n) is 5.47. The molecule has 3 nitrogen and oxygen atoms in total. The van der Waals surface area contributed by atoms with Crippen LogP contribution < -0.4 is 5.56 Å². The van der Waals surface area contributed by atoms with Crippen molar-refractivity contribution in [3.8, 4) is 0 Å². The first-order chi connectivity index (χ1) is 9.16. The highest BCUT2D eigenvalue weighted by atomic mass is 16.1. The van der Waals surface area contributed by atoms with Crippen molar-refractivity contribution in [1.82, 2.24) is 9.97 Å². The molecular formula is C16H18N2O. The maximum Gasteiger partial charge on any atom is 0.253 e. The third-order valence-corrected chi connectivity index (χ3v) is 4.27. The van der Waals surface area contributed by atoms with E-state index in [0.29, 0.717) is 11.6 Å². The van der Waals surface area contributed by atoms with Crippen molar-refractivity contribution < 1.29 is 0 Å². The molecule has 1 fully saturated rings. The van der Waals surface area contributed by atoms with Gasteiger partial charge in [0.05, 0.1) is 0 Å². The monoisotopic (exact) mass is 254 g/mol. The number of hydrogen-bond acceptors (Lipinski definition) is 2. The minimum Gasteiger partial charge on any atom is -0.306 e. The molecule has 2 aromatic heterocycles. The molecule has 0 aliphatic heterocycles. The molecule has 0 spiro atoms. The molecule has 19 heavy (non-hydrogen) atoms. The molecule has 2 aromatic rings. The van der Waals surface area contributed by atoms with Gasteiger partial charge in [0.15, 0.2) is 0 Å². The van der Waals surface area contributed by atoms with Gasteiger partial charge in [-0.05, 0) is 49.3 Å². The minimum atomic E-state index is -0.0486. The fourth-order valence-electron chi connectivity index (χ4n) is 2.66. The van der Waals surface area contributed by atoms with Gasteiger partial charge in [-0.1, -0.05) is 19.1 Å². The molecule has 3 heteroatoms. The number of rotatable bonds is 2. The Morgan fingerprint density at radius 2 is 2.26 bits per heavy atom. The van der Waals surface area contributed by atoms with Crippen molar-refractivity contribution in [3.05, 3.63) is 45.9 Å². The Morgan fingerprint density at radius 3 is 2.95 bits per heavy atom. The van der Waals surface area contributed by atoms with Crippen molar-refractivity contribution in [2.75, 3.05) is 0 Å². The lowest BCUT2D eigenvalue weighted by molar-refractivity contribution is 0.252. The predicted octanol–water partition coefficient (Wildman–Crippen LogP) is 3.29. The van der Waals surface area contributed by atoms with Crippen molar-refractivity contribution >= 4 is 17.1 Å². The molecule has 1 aliphatic rings. The highest BCUT2D eigenvalue weighted by Crippen LogP contribution is 2.35. The Balaban J connectivity index is 2.10. The number of hydrogen-bond donors (Lipinski definition) is 1. The fourth-order valence-corrected chi connectivity index (χ4v) is 2.66. The van der Waals surface area contributed by atoms with Gasteiger partial charge in [-0.2, -0.15) is 0 Å². The van der Waals surface area contributed by atoms with Crippen LogP contribution in [0.4, 0.5) is 0 Å². The Kier molecular flexibility index (Phi) is 2.97. The Bertz CT molecular complexity index is 699.